The van der Waals surface area contributed by atoms with Gasteiger partial charge in [-0.2, -0.15) is 11.3 Å². The number of halogens is 1. The molecule has 0 spiro atoms. The van der Waals surface area contributed by atoms with Gasteiger partial charge in [-0.1, -0.05) is 0 Å². The van der Waals surface area contributed by atoms with Crippen LogP contribution in [0.15, 0.2) is 29.2 Å². The van der Waals surface area contributed by atoms with E-state index in [-0.39, 0.29) is 5.82 Å². The number of nitrogens with two attached hydrogens (primary N) is 1. The van der Waals surface area contributed by atoms with E-state index >= 15 is 0 Å². The van der Waals surface area contributed by atoms with Crippen molar-refractivity contribution in [3.63, 3.8) is 0 Å². The van der Waals surface area contributed by atoms with Gasteiger partial charge in [-0.15, -0.1) is 0 Å². The molecule has 15 heavy (non-hydrogen) atoms. The summed E-state index contributed by atoms with van der Waals surface area (Å²) in [6.07, 6.45) is 2.75. The topological polar surface area (TPSA) is 38.9 Å². The summed E-state index contributed by atoms with van der Waals surface area (Å²) in [7, 11) is 0. The zero-order valence-electron chi connectivity index (χ0n) is 8.27. The Morgan fingerprint density at radius 2 is 2.20 bits per heavy atom. The molecule has 2 N–H and O–H groups in total. The van der Waals surface area contributed by atoms with Crippen LogP contribution in [-0.2, 0) is 0 Å². The predicted octanol–water partition coefficient (Wildman–Crippen LogP) is 2.64. The van der Waals surface area contributed by atoms with Crippen molar-refractivity contribution in [3.05, 3.63) is 51.7 Å². The van der Waals surface area contributed by atoms with Crippen molar-refractivity contribution in [1.82, 2.24) is 4.98 Å². The fourth-order valence-corrected chi connectivity index (χ4v) is 2.38. The number of nitrogens with zero attached hydrogens (tertiary/aromatic N) is 1. The first kappa shape index (κ1) is 10.3. The molecule has 0 aromatic carbocycles. The number of hydrogen-bond acceptors (Lipinski definition) is 3. The highest BCUT2D eigenvalue weighted by atomic mass is 32.1. The molecule has 0 aliphatic heterocycles. The summed E-state index contributed by atoms with van der Waals surface area (Å²) in [6.45, 7) is 1.98. The Balaban J connectivity index is 2.41. The minimum absolute atomic E-state index is 0.351. The summed E-state index contributed by atoms with van der Waals surface area (Å²) in [5, 5.41) is 3.97. The Hall–Kier alpha value is -1.26. The maximum absolute atomic E-state index is 13.4. The summed E-state index contributed by atoms with van der Waals surface area (Å²) in [6, 6.07) is 1.22. The van der Waals surface area contributed by atoms with E-state index in [9.17, 15) is 4.39 Å². The largest absolute Gasteiger partial charge is 0.320 e. The number of thiophene rings is 1. The third kappa shape index (κ3) is 1.91. The van der Waals surface area contributed by atoms with Crippen LogP contribution < -0.4 is 5.73 Å². The van der Waals surface area contributed by atoms with E-state index in [2.05, 4.69) is 4.98 Å². The Morgan fingerprint density at radius 1 is 1.40 bits per heavy atom. The number of aromatic nitrogens is 1. The number of aryl methyl sites for hydroxylation is 1. The van der Waals surface area contributed by atoms with Gasteiger partial charge >= 0.3 is 0 Å². The third-order valence-corrected chi connectivity index (χ3v) is 3.25. The highest BCUT2D eigenvalue weighted by molar-refractivity contribution is 7.08. The Labute approximate surface area is 91.6 Å². The van der Waals surface area contributed by atoms with E-state index in [0.29, 0.717) is 5.56 Å². The summed E-state index contributed by atoms with van der Waals surface area (Å²) in [4.78, 5) is 3.70. The van der Waals surface area contributed by atoms with Gasteiger partial charge in [0.1, 0.15) is 5.82 Å². The third-order valence-electron chi connectivity index (χ3n) is 2.37. The zero-order valence-corrected chi connectivity index (χ0v) is 9.09. The predicted molar refractivity (Wildman–Crippen MR) is 59.3 cm³/mol. The van der Waals surface area contributed by atoms with E-state index < -0.39 is 6.04 Å². The lowest BCUT2D eigenvalue weighted by Crippen LogP contribution is -2.13. The van der Waals surface area contributed by atoms with Gasteiger partial charge < -0.3 is 5.73 Å². The van der Waals surface area contributed by atoms with E-state index in [4.69, 9.17) is 5.73 Å². The van der Waals surface area contributed by atoms with E-state index in [1.807, 2.05) is 17.7 Å². The molecular weight excluding hydrogens is 211 g/mol. The number of hydrogen-bond donors (Lipinski definition) is 1. The maximum Gasteiger partial charge on any atom is 0.146 e. The van der Waals surface area contributed by atoms with Gasteiger partial charge in [0.2, 0.25) is 0 Å². The molecule has 4 heteroatoms. The van der Waals surface area contributed by atoms with E-state index in [1.54, 1.807) is 23.6 Å². The first-order valence-electron chi connectivity index (χ1n) is 4.58. The molecule has 0 saturated heterocycles. The first-order valence-corrected chi connectivity index (χ1v) is 5.52. The Kier molecular flexibility index (Phi) is 2.79. The molecule has 0 amide bonds. The monoisotopic (exact) mass is 222 g/mol. The molecule has 0 aliphatic rings. The van der Waals surface area contributed by atoms with Gasteiger partial charge in [0, 0.05) is 11.8 Å². The molecule has 2 heterocycles. The lowest BCUT2D eigenvalue weighted by Gasteiger charge is -2.12. The van der Waals surface area contributed by atoms with Crippen molar-refractivity contribution in [3.8, 4) is 0 Å². The quantitative estimate of drug-likeness (QED) is 0.848. The van der Waals surface area contributed by atoms with Crippen LogP contribution in [0.2, 0.25) is 0 Å². The first-order chi connectivity index (χ1) is 7.20. The van der Waals surface area contributed by atoms with Gasteiger partial charge in [0.05, 0.1) is 12.2 Å². The van der Waals surface area contributed by atoms with Crippen LogP contribution in [0.4, 0.5) is 4.39 Å². The lowest BCUT2D eigenvalue weighted by atomic mass is 10.0. The van der Waals surface area contributed by atoms with E-state index in [1.165, 1.54) is 6.20 Å². The minimum Gasteiger partial charge on any atom is -0.320 e. The molecule has 0 bridgehead atoms. The summed E-state index contributed by atoms with van der Waals surface area (Å²) >= 11 is 1.58. The summed E-state index contributed by atoms with van der Waals surface area (Å²) in [5.41, 5.74) is 8.57. The van der Waals surface area contributed by atoms with Gasteiger partial charge in [-0.3, -0.25) is 4.98 Å². The Bertz CT molecular complexity index is 467. The second-order valence-electron chi connectivity index (χ2n) is 3.38. The van der Waals surface area contributed by atoms with Gasteiger partial charge in [0.15, 0.2) is 0 Å². The van der Waals surface area contributed by atoms with Gasteiger partial charge in [-0.05, 0) is 34.9 Å². The molecule has 2 nitrogen and oxygen atoms in total. The van der Waals surface area contributed by atoms with Crippen LogP contribution in [-0.4, -0.2) is 4.98 Å². The highest BCUT2D eigenvalue weighted by Crippen LogP contribution is 2.26. The molecule has 2 rings (SSSR count). The minimum atomic E-state index is -0.403. The molecule has 1 unspecified atom stereocenters. The molecule has 0 saturated carbocycles. The van der Waals surface area contributed by atoms with Crippen molar-refractivity contribution in [2.75, 3.05) is 0 Å². The second kappa shape index (κ2) is 4.08. The average molecular weight is 222 g/mol. The van der Waals surface area contributed by atoms with Gasteiger partial charge in [-0.25, -0.2) is 4.39 Å². The maximum atomic E-state index is 13.4. The Morgan fingerprint density at radius 3 is 2.80 bits per heavy atom. The second-order valence-corrected chi connectivity index (χ2v) is 4.13. The smallest absolute Gasteiger partial charge is 0.146 e. The zero-order chi connectivity index (χ0) is 10.8. The molecule has 0 fully saturated rings. The van der Waals surface area contributed by atoms with Crippen molar-refractivity contribution < 1.29 is 4.39 Å². The lowest BCUT2D eigenvalue weighted by molar-refractivity contribution is 0.593. The van der Waals surface area contributed by atoms with Crippen LogP contribution in [0.5, 0.6) is 0 Å². The molecule has 0 radical (unpaired) electrons. The molecule has 0 aliphatic carbocycles. The van der Waals surface area contributed by atoms with Crippen LogP contribution in [0, 0.1) is 12.7 Å². The SMILES string of the molecule is Cc1cscc1C(N)c1ccncc1F. The van der Waals surface area contributed by atoms with Crippen LogP contribution in [0.3, 0.4) is 0 Å². The van der Waals surface area contributed by atoms with Crippen molar-refractivity contribution in [2.45, 2.75) is 13.0 Å². The molecule has 2 aromatic rings. The highest BCUT2D eigenvalue weighted by Gasteiger charge is 2.15. The molecule has 78 valence electrons. The fraction of sp³-hybridized carbons (Fsp3) is 0.182. The van der Waals surface area contributed by atoms with Crippen molar-refractivity contribution in [1.29, 1.82) is 0 Å². The standard InChI is InChI=1S/C11H11FN2S/c1-7-5-15-6-9(7)11(13)8-2-3-14-4-10(8)12/h2-6,11H,13H2,1H3. The van der Waals surface area contributed by atoms with E-state index in [0.717, 1.165) is 11.1 Å². The number of rotatable bonds is 2. The van der Waals surface area contributed by atoms with Crippen LogP contribution >= 0.6 is 11.3 Å². The summed E-state index contributed by atoms with van der Waals surface area (Å²) in [5.74, 6) is -0.351. The van der Waals surface area contributed by atoms with Crippen molar-refractivity contribution >= 4 is 11.3 Å². The fourth-order valence-electron chi connectivity index (χ4n) is 1.49. The van der Waals surface area contributed by atoms with Crippen molar-refractivity contribution in [2.24, 2.45) is 5.73 Å². The summed E-state index contributed by atoms with van der Waals surface area (Å²) < 4.78 is 13.4. The molecular formula is C11H11FN2S. The van der Waals surface area contributed by atoms with Crippen LogP contribution in [0.1, 0.15) is 22.7 Å². The van der Waals surface area contributed by atoms with Crippen LogP contribution in [0.25, 0.3) is 0 Å². The molecule has 1 atom stereocenters. The van der Waals surface area contributed by atoms with Gasteiger partial charge in [0.25, 0.3) is 0 Å². The normalized spacial score (nSPS) is 12.7. The molecule has 2 aromatic heterocycles. The average Bonchev–Trinajstić information content (AvgIpc) is 2.64. The number of pyridine rings is 1.